The first-order valence-electron chi connectivity index (χ1n) is 4.43. The fraction of sp³-hybridized carbons (Fsp3) is 0.100. The zero-order valence-electron chi connectivity index (χ0n) is 8.09. The zero-order chi connectivity index (χ0) is 11.4. The summed E-state index contributed by atoms with van der Waals surface area (Å²) in [5.74, 6) is 0.534. The average molecular weight is 362 g/mol. The van der Waals surface area contributed by atoms with Gasteiger partial charge in [0.1, 0.15) is 5.51 Å². The number of halogens is 1. The normalized spacial score (nSPS) is 10.3. The van der Waals surface area contributed by atoms with E-state index in [2.05, 4.69) is 32.8 Å². The molecule has 0 unspecified atom stereocenters. The molecule has 2 aromatic rings. The Morgan fingerprint density at radius 3 is 2.75 bits per heavy atom. The molecule has 1 heterocycles. The van der Waals surface area contributed by atoms with Crippen LogP contribution >= 0.6 is 45.7 Å². The van der Waals surface area contributed by atoms with E-state index in [9.17, 15) is 4.79 Å². The SMILES string of the molecule is O=C(CSc1nncs1)c1ccc(I)cc1. The summed E-state index contributed by atoms with van der Waals surface area (Å²) in [4.78, 5) is 11.8. The van der Waals surface area contributed by atoms with E-state index in [-0.39, 0.29) is 5.78 Å². The number of carbonyl (C=O) groups is 1. The van der Waals surface area contributed by atoms with Crippen LogP contribution in [0.1, 0.15) is 10.4 Å². The van der Waals surface area contributed by atoms with Crippen LogP contribution in [0.15, 0.2) is 34.1 Å². The molecule has 0 fully saturated rings. The van der Waals surface area contributed by atoms with Crippen LogP contribution in [-0.4, -0.2) is 21.7 Å². The number of hydrogen-bond acceptors (Lipinski definition) is 5. The predicted octanol–water partition coefficient (Wildman–Crippen LogP) is 3.12. The second kappa shape index (κ2) is 5.74. The molecule has 0 aliphatic rings. The van der Waals surface area contributed by atoms with Crippen LogP contribution in [0.5, 0.6) is 0 Å². The van der Waals surface area contributed by atoms with Gasteiger partial charge in [-0.3, -0.25) is 4.79 Å². The van der Waals surface area contributed by atoms with Gasteiger partial charge in [-0.2, -0.15) is 0 Å². The lowest BCUT2D eigenvalue weighted by atomic mass is 10.2. The number of aromatic nitrogens is 2. The van der Waals surface area contributed by atoms with Crippen LogP contribution in [0.4, 0.5) is 0 Å². The molecule has 0 amide bonds. The zero-order valence-corrected chi connectivity index (χ0v) is 11.9. The Hall–Kier alpha value is -0.470. The molecule has 0 radical (unpaired) electrons. The molecule has 0 spiro atoms. The van der Waals surface area contributed by atoms with E-state index in [0.717, 1.165) is 13.5 Å². The standard InChI is InChI=1S/C10H7IN2OS2/c11-8-3-1-7(2-4-8)9(14)5-15-10-13-12-6-16-10/h1-4,6H,5H2. The molecular weight excluding hydrogens is 355 g/mol. The minimum atomic E-state index is 0.122. The third-order valence-electron chi connectivity index (χ3n) is 1.83. The van der Waals surface area contributed by atoms with Crippen molar-refractivity contribution in [2.45, 2.75) is 4.34 Å². The third kappa shape index (κ3) is 3.26. The Balaban J connectivity index is 1.95. The number of hydrogen-bond donors (Lipinski definition) is 0. The maximum absolute atomic E-state index is 11.8. The van der Waals surface area contributed by atoms with Gasteiger partial charge in [-0.05, 0) is 34.7 Å². The van der Waals surface area contributed by atoms with Gasteiger partial charge in [0.2, 0.25) is 0 Å². The highest BCUT2D eigenvalue weighted by molar-refractivity contribution is 14.1. The van der Waals surface area contributed by atoms with Gasteiger partial charge in [-0.25, -0.2) is 0 Å². The maximum atomic E-state index is 11.8. The van der Waals surface area contributed by atoms with E-state index in [0.29, 0.717) is 5.75 Å². The Morgan fingerprint density at radius 2 is 2.12 bits per heavy atom. The van der Waals surface area contributed by atoms with Crippen LogP contribution in [0.2, 0.25) is 0 Å². The van der Waals surface area contributed by atoms with Gasteiger partial charge in [-0.1, -0.05) is 35.2 Å². The largest absolute Gasteiger partial charge is 0.293 e. The van der Waals surface area contributed by atoms with Gasteiger partial charge in [0.25, 0.3) is 0 Å². The summed E-state index contributed by atoms with van der Waals surface area (Å²) in [5.41, 5.74) is 2.41. The minimum Gasteiger partial charge on any atom is -0.293 e. The van der Waals surface area contributed by atoms with Crippen molar-refractivity contribution < 1.29 is 4.79 Å². The van der Waals surface area contributed by atoms with E-state index in [1.165, 1.54) is 23.1 Å². The van der Waals surface area contributed by atoms with Gasteiger partial charge in [-0.15, -0.1) is 10.2 Å². The molecule has 0 atom stereocenters. The lowest BCUT2D eigenvalue weighted by Gasteiger charge is -1.99. The molecule has 0 saturated heterocycles. The molecule has 0 saturated carbocycles. The number of Topliss-reactive ketones (excluding diaryl/α,β-unsaturated/α-hetero) is 1. The minimum absolute atomic E-state index is 0.122. The highest BCUT2D eigenvalue weighted by atomic mass is 127. The number of thioether (sulfide) groups is 1. The average Bonchev–Trinajstić information content (AvgIpc) is 2.80. The lowest BCUT2D eigenvalue weighted by molar-refractivity contribution is 0.102. The molecule has 82 valence electrons. The van der Waals surface area contributed by atoms with E-state index < -0.39 is 0 Å². The Bertz CT molecular complexity index is 470. The van der Waals surface area contributed by atoms with Crippen molar-refractivity contribution in [3.05, 3.63) is 38.9 Å². The van der Waals surface area contributed by atoms with Crippen molar-refractivity contribution in [3.63, 3.8) is 0 Å². The molecule has 0 aliphatic heterocycles. The number of rotatable bonds is 4. The quantitative estimate of drug-likeness (QED) is 0.476. The highest BCUT2D eigenvalue weighted by Gasteiger charge is 2.07. The van der Waals surface area contributed by atoms with Crippen molar-refractivity contribution in [1.82, 2.24) is 10.2 Å². The third-order valence-corrected chi connectivity index (χ3v) is 4.41. The van der Waals surface area contributed by atoms with Crippen molar-refractivity contribution in [2.24, 2.45) is 0 Å². The molecule has 3 nitrogen and oxygen atoms in total. The topological polar surface area (TPSA) is 42.9 Å². The number of ketones is 1. The van der Waals surface area contributed by atoms with Crippen LogP contribution in [0.3, 0.4) is 0 Å². The van der Waals surface area contributed by atoms with Crippen molar-refractivity contribution in [3.8, 4) is 0 Å². The Kier molecular flexibility index (Phi) is 4.30. The molecule has 6 heteroatoms. The van der Waals surface area contributed by atoms with Gasteiger partial charge >= 0.3 is 0 Å². The number of benzene rings is 1. The summed E-state index contributed by atoms with van der Waals surface area (Å²) in [5, 5.41) is 7.59. The van der Waals surface area contributed by atoms with Crippen LogP contribution in [0.25, 0.3) is 0 Å². The lowest BCUT2D eigenvalue weighted by Crippen LogP contribution is -2.01. The number of carbonyl (C=O) groups excluding carboxylic acids is 1. The second-order valence-corrected chi connectivity index (χ2v) is 6.22. The molecule has 1 aromatic carbocycles. The molecule has 16 heavy (non-hydrogen) atoms. The van der Waals surface area contributed by atoms with E-state index >= 15 is 0 Å². The molecular formula is C10H7IN2OS2. The van der Waals surface area contributed by atoms with Crippen molar-refractivity contribution >= 4 is 51.5 Å². The van der Waals surface area contributed by atoms with Crippen molar-refractivity contribution in [1.29, 1.82) is 0 Å². The smallest absolute Gasteiger partial charge is 0.174 e. The summed E-state index contributed by atoms with van der Waals surface area (Å²) in [6.07, 6.45) is 0. The first kappa shape index (κ1) is 12.0. The monoisotopic (exact) mass is 362 g/mol. The molecule has 0 aliphatic carbocycles. The summed E-state index contributed by atoms with van der Waals surface area (Å²) < 4.78 is 1.96. The Morgan fingerprint density at radius 1 is 1.38 bits per heavy atom. The van der Waals surface area contributed by atoms with Crippen LogP contribution in [0, 0.1) is 3.57 Å². The van der Waals surface area contributed by atoms with Gasteiger partial charge < -0.3 is 0 Å². The summed E-state index contributed by atoms with van der Waals surface area (Å²) >= 11 is 5.09. The summed E-state index contributed by atoms with van der Waals surface area (Å²) in [7, 11) is 0. The number of nitrogens with zero attached hydrogens (tertiary/aromatic N) is 2. The van der Waals surface area contributed by atoms with Gasteiger partial charge in [0.15, 0.2) is 10.1 Å². The van der Waals surface area contributed by atoms with Crippen LogP contribution in [-0.2, 0) is 0 Å². The fourth-order valence-corrected chi connectivity index (χ4v) is 2.81. The van der Waals surface area contributed by atoms with Crippen LogP contribution < -0.4 is 0 Å². The first-order valence-corrected chi connectivity index (χ1v) is 7.38. The van der Waals surface area contributed by atoms with E-state index in [4.69, 9.17) is 0 Å². The highest BCUT2D eigenvalue weighted by Crippen LogP contribution is 2.20. The molecule has 1 aromatic heterocycles. The first-order chi connectivity index (χ1) is 7.75. The van der Waals surface area contributed by atoms with E-state index in [1.54, 1.807) is 5.51 Å². The predicted molar refractivity (Wildman–Crippen MR) is 74.1 cm³/mol. The molecule has 0 bridgehead atoms. The second-order valence-electron chi connectivity index (χ2n) is 2.92. The Labute approximate surface area is 115 Å². The van der Waals surface area contributed by atoms with Gasteiger partial charge in [0, 0.05) is 9.13 Å². The fourth-order valence-electron chi connectivity index (χ4n) is 1.07. The summed E-state index contributed by atoms with van der Waals surface area (Å²) in [6, 6.07) is 7.57. The maximum Gasteiger partial charge on any atom is 0.174 e. The van der Waals surface area contributed by atoms with Crippen molar-refractivity contribution in [2.75, 3.05) is 5.75 Å². The van der Waals surface area contributed by atoms with E-state index in [1.807, 2.05) is 24.3 Å². The molecule has 2 rings (SSSR count). The van der Waals surface area contributed by atoms with Gasteiger partial charge in [0.05, 0.1) is 5.75 Å². The molecule has 0 N–H and O–H groups in total. The summed E-state index contributed by atoms with van der Waals surface area (Å²) in [6.45, 7) is 0.